The van der Waals surface area contributed by atoms with Gasteiger partial charge in [0.2, 0.25) is 6.71 Å². The molecule has 3 nitrogen and oxygen atoms in total. The Balaban J connectivity index is 0.00000364. The SMILES string of the molecule is Cc1cccc(C)c1B1c2cc(-c3nc4ccccc4n3-c3c(C)cccc3C)[c-]cc2N(c2c(C)cccc2C)c2ccccc21.[Ir]. The summed E-state index contributed by atoms with van der Waals surface area (Å²) in [6.07, 6.45) is 0. The van der Waals surface area contributed by atoms with Gasteiger partial charge in [0, 0.05) is 37.2 Å². The summed E-state index contributed by atoms with van der Waals surface area (Å²) in [6, 6.07) is 45.5. The van der Waals surface area contributed by atoms with Gasteiger partial charge in [-0.1, -0.05) is 102 Å². The van der Waals surface area contributed by atoms with Gasteiger partial charge in [-0.15, -0.1) is 29.2 Å². The standard InChI is InChI=1S/C43H37BN3.Ir/c1-27-14-11-15-28(2)40(27)44-34-20-7-9-22-37(34)46(41-29(3)16-12-17-30(41)4)38-25-24-33(26-35(38)44)43-45-36-21-8-10-23-39(36)47(43)42-31(5)18-13-19-32(42)6;/h7-23,25-26H,1-6H3;/q-1;. The van der Waals surface area contributed by atoms with E-state index in [0.717, 1.165) is 28.1 Å². The van der Waals surface area contributed by atoms with E-state index in [0.29, 0.717) is 0 Å². The number of aromatic nitrogens is 2. The predicted octanol–water partition coefficient (Wildman–Crippen LogP) is 8.64. The van der Waals surface area contributed by atoms with Gasteiger partial charge in [0.15, 0.2) is 0 Å². The van der Waals surface area contributed by atoms with Gasteiger partial charge in [0.1, 0.15) is 0 Å². The van der Waals surface area contributed by atoms with E-state index in [1.54, 1.807) is 0 Å². The summed E-state index contributed by atoms with van der Waals surface area (Å²) in [7, 11) is 0. The number of anilines is 3. The third-order valence-corrected chi connectivity index (χ3v) is 9.96. The molecule has 1 aliphatic rings. The molecule has 1 aliphatic heterocycles. The minimum Gasteiger partial charge on any atom is -0.352 e. The molecule has 0 fully saturated rings. The molecule has 0 amide bonds. The molecule has 2 heterocycles. The quantitative estimate of drug-likeness (QED) is 0.131. The van der Waals surface area contributed by atoms with E-state index in [9.17, 15) is 0 Å². The number of nitrogens with zero attached hydrogens (tertiary/aromatic N) is 3. The molecule has 0 atom stereocenters. The van der Waals surface area contributed by atoms with E-state index >= 15 is 0 Å². The van der Waals surface area contributed by atoms with Crippen molar-refractivity contribution >= 4 is 51.2 Å². The predicted molar refractivity (Wildman–Crippen MR) is 200 cm³/mol. The number of benzene rings is 6. The zero-order chi connectivity index (χ0) is 32.4. The summed E-state index contributed by atoms with van der Waals surface area (Å²) in [5.41, 5.74) is 19.3. The first-order valence-corrected chi connectivity index (χ1v) is 16.4. The zero-order valence-electron chi connectivity index (χ0n) is 28.2. The van der Waals surface area contributed by atoms with Crippen LogP contribution in [0.2, 0.25) is 0 Å². The number of para-hydroxylation sites is 5. The second-order valence-electron chi connectivity index (χ2n) is 13.1. The van der Waals surface area contributed by atoms with Crippen molar-refractivity contribution in [3.05, 3.63) is 155 Å². The Morgan fingerprint density at radius 2 is 1.12 bits per heavy atom. The van der Waals surface area contributed by atoms with Crippen molar-refractivity contribution < 1.29 is 20.1 Å². The average molecular weight is 799 g/mol. The van der Waals surface area contributed by atoms with E-state index in [1.165, 1.54) is 66.8 Å². The van der Waals surface area contributed by atoms with Gasteiger partial charge in [0.25, 0.3) is 0 Å². The minimum atomic E-state index is 0. The Hall–Kier alpha value is -4.70. The maximum atomic E-state index is 5.29. The monoisotopic (exact) mass is 799 g/mol. The Morgan fingerprint density at radius 1 is 0.562 bits per heavy atom. The van der Waals surface area contributed by atoms with E-state index in [4.69, 9.17) is 4.98 Å². The van der Waals surface area contributed by atoms with Crippen LogP contribution in [0.1, 0.15) is 33.4 Å². The van der Waals surface area contributed by atoms with Crippen LogP contribution in [0.25, 0.3) is 28.1 Å². The maximum absolute atomic E-state index is 5.29. The van der Waals surface area contributed by atoms with Gasteiger partial charge < -0.3 is 9.47 Å². The minimum absolute atomic E-state index is 0. The van der Waals surface area contributed by atoms with E-state index in [-0.39, 0.29) is 26.8 Å². The molecule has 0 saturated carbocycles. The summed E-state index contributed by atoms with van der Waals surface area (Å²) in [5, 5.41) is 0. The molecular formula is C43H37BIrN3-. The third-order valence-electron chi connectivity index (χ3n) is 9.96. The first-order valence-electron chi connectivity index (χ1n) is 16.4. The summed E-state index contributed by atoms with van der Waals surface area (Å²) in [5.74, 6) is 0.907. The molecule has 1 aromatic heterocycles. The van der Waals surface area contributed by atoms with E-state index in [1.807, 2.05) is 0 Å². The molecule has 0 aliphatic carbocycles. The van der Waals surface area contributed by atoms with Crippen molar-refractivity contribution in [1.82, 2.24) is 9.55 Å². The second-order valence-corrected chi connectivity index (χ2v) is 13.1. The molecule has 6 aromatic carbocycles. The summed E-state index contributed by atoms with van der Waals surface area (Å²) < 4.78 is 2.34. The zero-order valence-corrected chi connectivity index (χ0v) is 30.6. The number of hydrogen-bond donors (Lipinski definition) is 0. The largest absolute Gasteiger partial charge is 0.352 e. The number of fused-ring (bicyclic) bond motifs is 3. The molecule has 0 saturated heterocycles. The number of hydrogen-bond acceptors (Lipinski definition) is 2. The van der Waals surface area contributed by atoms with Crippen LogP contribution in [0.5, 0.6) is 0 Å². The molecule has 0 bridgehead atoms. The smallest absolute Gasteiger partial charge is 0.228 e. The van der Waals surface area contributed by atoms with Crippen molar-refractivity contribution in [2.45, 2.75) is 41.5 Å². The Bertz CT molecular complexity index is 2290. The third kappa shape index (κ3) is 4.96. The van der Waals surface area contributed by atoms with Crippen molar-refractivity contribution in [2.75, 3.05) is 4.90 Å². The molecule has 0 unspecified atom stereocenters. The average Bonchev–Trinajstić information content (AvgIpc) is 3.44. The van der Waals surface area contributed by atoms with Crippen LogP contribution >= 0.6 is 0 Å². The van der Waals surface area contributed by atoms with E-state index < -0.39 is 0 Å². The normalized spacial score (nSPS) is 12.1. The molecule has 5 heteroatoms. The van der Waals surface area contributed by atoms with Crippen LogP contribution in [0.4, 0.5) is 17.1 Å². The number of rotatable bonds is 4. The second kappa shape index (κ2) is 12.4. The van der Waals surface area contributed by atoms with E-state index in [2.05, 4.69) is 172 Å². The Labute approximate surface area is 297 Å². The molecule has 48 heavy (non-hydrogen) atoms. The van der Waals surface area contributed by atoms with Crippen molar-refractivity contribution in [3.63, 3.8) is 0 Å². The Morgan fingerprint density at radius 3 is 1.79 bits per heavy atom. The van der Waals surface area contributed by atoms with Gasteiger partial charge in [-0.2, -0.15) is 0 Å². The molecule has 1 radical (unpaired) electrons. The van der Waals surface area contributed by atoms with Crippen LogP contribution in [-0.4, -0.2) is 16.3 Å². The number of aryl methyl sites for hydroxylation is 6. The summed E-state index contributed by atoms with van der Waals surface area (Å²) in [6.45, 7) is 13.4. The van der Waals surface area contributed by atoms with Crippen molar-refractivity contribution in [2.24, 2.45) is 0 Å². The first-order chi connectivity index (χ1) is 22.8. The van der Waals surface area contributed by atoms with Gasteiger partial charge in [0.05, 0.1) is 16.9 Å². The number of imidazole rings is 1. The fourth-order valence-corrected chi connectivity index (χ4v) is 7.87. The van der Waals surface area contributed by atoms with Gasteiger partial charge in [-0.25, -0.2) is 0 Å². The van der Waals surface area contributed by atoms with Crippen LogP contribution in [0.3, 0.4) is 0 Å². The van der Waals surface area contributed by atoms with Gasteiger partial charge >= 0.3 is 0 Å². The summed E-state index contributed by atoms with van der Waals surface area (Å²) in [4.78, 5) is 7.76. The molecule has 237 valence electrons. The molecule has 7 aromatic rings. The fourth-order valence-electron chi connectivity index (χ4n) is 7.87. The fraction of sp³-hybridized carbons (Fsp3) is 0.140. The topological polar surface area (TPSA) is 21.1 Å². The molecular weight excluding hydrogens is 762 g/mol. The van der Waals surface area contributed by atoms with Crippen LogP contribution in [0.15, 0.2) is 115 Å². The van der Waals surface area contributed by atoms with Crippen LogP contribution < -0.4 is 21.3 Å². The van der Waals surface area contributed by atoms with Crippen molar-refractivity contribution in [3.8, 4) is 17.1 Å². The summed E-state index contributed by atoms with van der Waals surface area (Å²) >= 11 is 0. The molecule has 0 N–H and O–H groups in total. The van der Waals surface area contributed by atoms with Crippen molar-refractivity contribution in [1.29, 1.82) is 0 Å². The van der Waals surface area contributed by atoms with Gasteiger partial charge in [-0.05, 0) is 93.1 Å². The van der Waals surface area contributed by atoms with Gasteiger partial charge in [-0.3, -0.25) is 4.98 Å². The first kappa shape index (κ1) is 31.9. The molecule has 8 rings (SSSR count). The van der Waals surface area contributed by atoms with Crippen LogP contribution in [0, 0.1) is 47.6 Å². The maximum Gasteiger partial charge on any atom is 0.228 e. The Kier molecular flexibility index (Phi) is 8.23. The molecule has 0 spiro atoms. The van der Waals surface area contributed by atoms with Crippen LogP contribution in [-0.2, 0) is 20.1 Å².